The van der Waals surface area contributed by atoms with Gasteiger partial charge in [0.1, 0.15) is 0 Å². The van der Waals surface area contributed by atoms with Crippen molar-refractivity contribution in [3.8, 4) is 0 Å². The Bertz CT molecular complexity index is 597. The number of nitrogens with two attached hydrogens (primary N) is 1. The highest BCUT2D eigenvalue weighted by Crippen LogP contribution is 2.39. The number of rotatable bonds is 1. The van der Waals surface area contributed by atoms with Gasteiger partial charge < -0.3 is 5.73 Å². The molecule has 4 nitrogen and oxygen atoms in total. The molecule has 2 unspecified atom stereocenters. The van der Waals surface area contributed by atoms with E-state index in [1.54, 1.807) is 4.31 Å². The quantitative estimate of drug-likeness (QED) is 0.799. The Morgan fingerprint density at radius 3 is 2.84 bits per heavy atom. The zero-order valence-electron chi connectivity index (χ0n) is 11.2. The van der Waals surface area contributed by atoms with Gasteiger partial charge >= 0.3 is 0 Å². The van der Waals surface area contributed by atoms with E-state index in [0.717, 1.165) is 30.5 Å². The molecule has 3 rings (SSSR count). The molecular formula is C14H20N2O2S. The number of fused-ring (bicyclic) bond motifs is 1. The van der Waals surface area contributed by atoms with Crippen molar-refractivity contribution in [2.24, 2.45) is 5.92 Å². The van der Waals surface area contributed by atoms with Crippen molar-refractivity contribution in [1.29, 1.82) is 0 Å². The summed E-state index contributed by atoms with van der Waals surface area (Å²) in [6.45, 7) is 2.65. The highest BCUT2D eigenvalue weighted by atomic mass is 32.2. The first-order valence-corrected chi connectivity index (χ1v) is 8.46. The molecule has 0 aromatic heterocycles. The van der Waals surface area contributed by atoms with Crippen LogP contribution in [0.5, 0.6) is 0 Å². The minimum absolute atomic E-state index is 0.0132. The second-order valence-corrected chi connectivity index (χ2v) is 7.79. The Morgan fingerprint density at radius 2 is 2.16 bits per heavy atom. The predicted molar refractivity (Wildman–Crippen MR) is 76.2 cm³/mol. The Kier molecular flexibility index (Phi) is 3.06. The number of nitrogen functional groups attached to an aromatic ring is 1. The summed E-state index contributed by atoms with van der Waals surface area (Å²) in [6, 6.07) is 5.89. The molecule has 1 aromatic rings. The number of benzene rings is 1. The summed E-state index contributed by atoms with van der Waals surface area (Å²) in [5.74, 6) is 0.512. The van der Waals surface area contributed by atoms with E-state index in [4.69, 9.17) is 5.73 Å². The minimum atomic E-state index is -3.09. The van der Waals surface area contributed by atoms with Gasteiger partial charge in [-0.15, -0.1) is 0 Å². The lowest BCUT2D eigenvalue weighted by Gasteiger charge is -2.32. The van der Waals surface area contributed by atoms with Crippen molar-refractivity contribution >= 4 is 15.7 Å². The number of aryl methyl sites for hydroxylation is 1. The fourth-order valence-electron chi connectivity index (χ4n) is 3.36. The van der Waals surface area contributed by atoms with Crippen molar-refractivity contribution in [1.82, 2.24) is 4.31 Å². The Morgan fingerprint density at radius 1 is 1.37 bits per heavy atom. The first-order chi connectivity index (χ1) is 8.97. The topological polar surface area (TPSA) is 63.4 Å². The lowest BCUT2D eigenvalue weighted by atomic mass is 9.87. The maximum Gasteiger partial charge on any atom is 0.214 e. The number of hydrogen-bond donors (Lipinski definition) is 1. The molecule has 1 aliphatic carbocycles. The van der Waals surface area contributed by atoms with Crippen LogP contribution in [0.1, 0.15) is 36.9 Å². The molecular weight excluding hydrogens is 260 g/mol. The Balaban J connectivity index is 2.00. The van der Waals surface area contributed by atoms with E-state index in [0.29, 0.717) is 6.54 Å². The summed E-state index contributed by atoms with van der Waals surface area (Å²) >= 11 is 0. The van der Waals surface area contributed by atoms with Crippen LogP contribution < -0.4 is 5.73 Å². The SMILES string of the molecule is CC1CN(C2CCCc3cc(N)ccc32)S(=O)(=O)C1. The monoisotopic (exact) mass is 280 g/mol. The van der Waals surface area contributed by atoms with E-state index in [1.807, 2.05) is 25.1 Å². The predicted octanol–water partition coefficient (Wildman–Crippen LogP) is 1.93. The highest BCUT2D eigenvalue weighted by molar-refractivity contribution is 7.89. The van der Waals surface area contributed by atoms with Gasteiger partial charge in [-0.25, -0.2) is 8.42 Å². The first kappa shape index (κ1) is 12.9. The fourth-order valence-corrected chi connectivity index (χ4v) is 5.46. The zero-order chi connectivity index (χ0) is 13.6. The van der Waals surface area contributed by atoms with E-state index in [1.165, 1.54) is 5.56 Å². The van der Waals surface area contributed by atoms with Gasteiger partial charge in [-0.2, -0.15) is 4.31 Å². The summed E-state index contributed by atoms with van der Waals surface area (Å²) in [5.41, 5.74) is 8.95. The van der Waals surface area contributed by atoms with Crippen molar-refractivity contribution in [2.75, 3.05) is 18.0 Å². The number of hydrogen-bond acceptors (Lipinski definition) is 3. The van der Waals surface area contributed by atoms with E-state index in [2.05, 4.69) is 0 Å². The van der Waals surface area contributed by atoms with E-state index in [9.17, 15) is 8.42 Å². The summed E-state index contributed by atoms with van der Waals surface area (Å²) < 4.78 is 26.2. The third-order valence-electron chi connectivity index (χ3n) is 4.14. The molecule has 0 bridgehead atoms. The molecule has 1 heterocycles. The molecule has 0 spiro atoms. The maximum atomic E-state index is 12.2. The summed E-state index contributed by atoms with van der Waals surface area (Å²) in [5, 5.41) is 0. The van der Waals surface area contributed by atoms with Gasteiger partial charge in [-0.05, 0) is 48.4 Å². The van der Waals surface area contributed by atoms with Crippen molar-refractivity contribution < 1.29 is 8.42 Å². The molecule has 5 heteroatoms. The van der Waals surface area contributed by atoms with Crippen LogP contribution in [-0.4, -0.2) is 25.0 Å². The van der Waals surface area contributed by atoms with Gasteiger partial charge in [0.2, 0.25) is 10.0 Å². The summed E-state index contributed by atoms with van der Waals surface area (Å²) in [6.07, 6.45) is 2.95. The van der Waals surface area contributed by atoms with Crippen LogP contribution in [0.2, 0.25) is 0 Å². The van der Waals surface area contributed by atoms with E-state index < -0.39 is 10.0 Å². The summed E-state index contributed by atoms with van der Waals surface area (Å²) in [7, 11) is -3.09. The van der Waals surface area contributed by atoms with Gasteiger partial charge in [0.15, 0.2) is 0 Å². The largest absolute Gasteiger partial charge is 0.399 e. The molecule has 1 aliphatic heterocycles. The first-order valence-electron chi connectivity index (χ1n) is 6.85. The second-order valence-electron chi connectivity index (χ2n) is 5.82. The molecule has 1 fully saturated rings. The zero-order valence-corrected chi connectivity index (χ0v) is 12.0. The standard InChI is InChI=1S/C14H20N2O2S/c1-10-8-16(19(17,18)9-10)14-4-2-3-11-7-12(15)5-6-13(11)14/h5-7,10,14H,2-4,8-9,15H2,1H3. The van der Waals surface area contributed by atoms with Gasteiger partial charge in [-0.3, -0.25) is 0 Å². The Labute approximate surface area is 114 Å². The van der Waals surface area contributed by atoms with Crippen LogP contribution in [0.25, 0.3) is 0 Å². The fraction of sp³-hybridized carbons (Fsp3) is 0.571. The maximum absolute atomic E-state index is 12.2. The Hall–Kier alpha value is -1.07. The lowest BCUT2D eigenvalue weighted by Crippen LogP contribution is -2.33. The van der Waals surface area contributed by atoms with Gasteiger partial charge in [0, 0.05) is 18.3 Å². The van der Waals surface area contributed by atoms with Crippen LogP contribution in [0.15, 0.2) is 18.2 Å². The van der Waals surface area contributed by atoms with Crippen LogP contribution in [0, 0.1) is 5.92 Å². The van der Waals surface area contributed by atoms with Crippen molar-refractivity contribution in [2.45, 2.75) is 32.2 Å². The van der Waals surface area contributed by atoms with Crippen molar-refractivity contribution in [3.05, 3.63) is 29.3 Å². The number of nitrogens with zero attached hydrogens (tertiary/aromatic N) is 1. The van der Waals surface area contributed by atoms with Gasteiger partial charge in [-0.1, -0.05) is 13.0 Å². The smallest absolute Gasteiger partial charge is 0.214 e. The van der Waals surface area contributed by atoms with Crippen LogP contribution in [-0.2, 0) is 16.4 Å². The molecule has 0 radical (unpaired) electrons. The lowest BCUT2D eigenvalue weighted by molar-refractivity contribution is 0.296. The van der Waals surface area contributed by atoms with Crippen LogP contribution in [0.3, 0.4) is 0 Å². The highest BCUT2D eigenvalue weighted by Gasteiger charge is 2.40. The van der Waals surface area contributed by atoms with Gasteiger partial charge in [0.25, 0.3) is 0 Å². The van der Waals surface area contributed by atoms with Crippen LogP contribution >= 0.6 is 0 Å². The third-order valence-corrected chi connectivity index (χ3v) is 6.25. The van der Waals surface area contributed by atoms with E-state index in [-0.39, 0.29) is 17.7 Å². The minimum Gasteiger partial charge on any atom is -0.399 e. The molecule has 2 N–H and O–H groups in total. The normalized spacial score (nSPS) is 30.2. The van der Waals surface area contributed by atoms with Gasteiger partial charge in [0.05, 0.1) is 5.75 Å². The summed E-state index contributed by atoms with van der Waals surface area (Å²) in [4.78, 5) is 0. The average molecular weight is 280 g/mol. The molecule has 1 aromatic carbocycles. The van der Waals surface area contributed by atoms with Crippen LogP contribution in [0.4, 0.5) is 5.69 Å². The molecule has 2 aliphatic rings. The van der Waals surface area contributed by atoms with E-state index >= 15 is 0 Å². The third kappa shape index (κ3) is 2.25. The molecule has 2 atom stereocenters. The molecule has 0 amide bonds. The second kappa shape index (κ2) is 4.49. The number of sulfonamides is 1. The average Bonchev–Trinajstić information content (AvgIpc) is 2.61. The molecule has 0 saturated carbocycles. The number of anilines is 1. The molecule has 1 saturated heterocycles. The molecule has 19 heavy (non-hydrogen) atoms. The van der Waals surface area contributed by atoms with Crippen molar-refractivity contribution in [3.63, 3.8) is 0 Å². The molecule has 104 valence electrons.